The molecule has 0 saturated carbocycles. The van der Waals surface area contributed by atoms with E-state index in [0.717, 1.165) is 10.7 Å². The number of aliphatic hydroxyl groups is 1. The number of methoxy groups -OCH3 is 1. The first kappa shape index (κ1) is 25.5. The van der Waals surface area contributed by atoms with Gasteiger partial charge in [-0.1, -0.05) is 41.4 Å². The maximum absolute atomic E-state index is 13.6. The molecule has 0 radical (unpaired) electrons. The lowest BCUT2D eigenvalue weighted by Gasteiger charge is -2.19. The summed E-state index contributed by atoms with van der Waals surface area (Å²) in [4.78, 5) is 15.1. The van der Waals surface area contributed by atoms with Crippen molar-refractivity contribution in [3.8, 4) is 22.8 Å². The lowest BCUT2D eigenvalue weighted by atomic mass is 10.1. The van der Waals surface area contributed by atoms with Crippen LogP contribution >= 0.6 is 23.2 Å². The molecule has 4 rings (SSSR count). The molecule has 0 saturated heterocycles. The normalized spacial score (nSPS) is 12.4. The summed E-state index contributed by atoms with van der Waals surface area (Å²) >= 11 is 12.3. The summed E-state index contributed by atoms with van der Waals surface area (Å²) < 4.78 is 58.9. The number of para-hydroxylation sites is 1. The average Bonchev–Trinajstić information content (AvgIpc) is 3.20. The van der Waals surface area contributed by atoms with Crippen LogP contribution in [0, 0.1) is 5.82 Å². The topological polar surface area (TPSA) is 92.2 Å². The molecule has 0 aliphatic heterocycles. The van der Waals surface area contributed by atoms with E-state index in [1.165, 1.54) is 25.3 Å². The van der Waals surface area contributed by atoms with Crippen LogP contribution in [0.4, 0.5) is 23.2 Å². The summed E-state index contributed by atoms with van der Waals surface area (Å²) in [6.45, 7) is 0. The van der Waals surface area contributed by atoms with Crippen LogP contribution in [0.3, 0.4) is 0 Å². The molecule has 3 aromatic carbocycles. The first-order valence-electron chi connectivity index (χ1n) is 10.1. The Morgan fingerprint density at radius 1 is 1.11 bits per heavy atom. The number of rotatable bonds is 6. The molecule has 188 valence electrons. The highest BCUT2D eigenvalue weighted by Gasteiger charge is 2.34. The second-order valence-corrected chi connectivity index (χ2v) is 8.27. The number of aromatic amines is 1. The lowest BCUT2D eigenvalue weighted by Crippen LogP contribution is -2.16. The van der Waals surface area contributed by atoms with Gasteiger partial charge in [0, 0.05) is 16.8 Å². The number of ether oxygens (including phenoxy) is 1. The van der Waals surface area contributed by atoms with Gasteiger partial charge in [-0.2, -0.15) is 17.9 Å². The molecule has 0 bridgehead atoms. The van der Waals surface area contributed by atoms with E-state index in [9.17, 15) is 27.5 Å². The van der Waals surface area contributed by atoms with Crippen molar-refractivity contribution >= 4 is 28.9 Å². The van der Waals surface area contributed by atoms with Gasteiger partial charge in [-0.25, -0.2) is 9.18 Å². The van der Waals surface area contributed by atoms with Gasteiger partial charge >= 0.3 is 11.9 Å². The average molecular weight is 543 g/mol. The van der Waals surface area contributed by atoms with Crippen LogP contribution in [0.2, 0.25) is 10.0 Å². The van der Waals surface area contributed by atoms with Crippen molar-refractivity contribution < 1.29 is 27.4 Å². The van der Waals surface area contributed by atoms with Crippen molar-refractivity contribution in [3.63, 3.8) is 0 Å². The second kappa shape index (κ2) is 9.84. The van der Waals surface area contributed by atoms with Crippen molar-refractivity contribution in [2.24, 2.45) is 0 Å². The first-order chi connectivity index (χ1) is 17.0. The molecule has 0 spiro atoms. The molecule has 1 aromatic heterocycles. The van der Waals surface area contributed by atoms with Crippen LogP contribution in [0.5, 0.6) is 5.75 Å². The van der Waals surface area contributed by atoms with Gasteiger partial charge in [0.25, 0.3) is 0 Å². The van der Waals surface area contributed by atoms with Crippen molar-refractivity contribution in [2.75, 3.05) is 12.4 Å². The zero-order valence-corrected chi connectivity index (χ0v) is 19.7. The largest absolute Gasteiger partial charge is 0.496 e. The Hall–Kier alpha value is -3.54. The molecular formula is C23H16Cl2F4N4O3. The Morgan fingerprint density at radius 3 is 2.44 bits per heavy atom. The fraction of sp³-hybridized carbons (Fsp3) is 0.130. The molecule has 0 aliphatic carbocycles. The second-order valence-electron chi connectivity index (χ2n) is 7.46. The predicted octanol–water partition coefficient (Wildman–Crippen LogP) is 5.80. The van der Waals surface area contributed by atoms with E-state index >= 15 is 0 Å². The number of anilines is 1. The monoisotopic (exact) mass is 542 g/mol. The highest BCUT2D eigenvalue weighted by molar-refractivity contribution is 6.37. The van der Waals surface area contributed by atoms with Gasteiger partial charge in [-0.3, -0.25) is 4.98 Å². The fourth-order valence-electron chi connectivity index (χ4n) is 3.45. The highest BCUT2D eigenvalue weighted by Crippen LogP contribution is 2.35. The predicted molar refractivity (Wildman–Crippen MR) is 126 cm³/mol. The molecule has 7 nitrogen and oxygen atoms in total. The Bertz CT molecular complexity index is 1470. The van der Waals surface area contributed by atoms with Crippen molar-refractivity contribution in [1.29, 1.82) is 0 Å². The third-order valence-corrected chi connectivity index (χ3v) is 5.75. The van der Waals surface area contributed by atoms with Gasteiger partial charge in [0.1, 0.15) is 17.3 Å². The molecule has 13 heteroatoms. The Kier molecular flexibility index (Phi) is 6.98. The number of aliphatic hydroxyl groups excluding tert-OH is 1. The SMILES string of the molecule is COc1cc(-c2nn(-c3c(Cl)cccc3Cl)c(=O)[nH]2)ccc1C(O)Nc1ccc(F)c(C(F)(F)F)c1. The van der Waals surface area contributed by atoms with Crippen LogP contribution < -0.4 is 15.7 Å². The van der Waals surface area contributed by atoms with Crippen molar-refractivity contribution in [1.82, 2.24) is 14.8 Å². The standard InChI is InChI=1S/C23H16Cl2F4N4O3/c1-36-18-9-11(20-31-22(35)33(32-20)19-15(24)3-2-4-16(19)25)5-7-13(18)21(34)30-12-6-8-17(26)14(10-12)23(27,28)29/h2-10,21,30,34H,1H3,(H,31,32,35). The van der Waals surface area contributed by atoms with E-state index in [-0.39, 0.29) is 38.6 Å². The summed E-state index contributed by atoms with van der Waals surface area (Å²) in [5.41, 5.74) is -1.50. The van der Waals surface area contributed by atoms with E-state index in [2.05, 4.69) is 15.4 Å². The molecular weight excluding hydrogens is 527 g/mol. The maximum atomic E-state index is 13.6. The number of hydrogen-bond acceptors (Lipinski definition) is 5. The number of aromatic nitrogens is 3. The maximum Gasteiger partial charge on any atom is 0.419 e. The molecule has 1 atom stereocenters. The van der Waals surface area contributed by atoms with E-state index in [1.54, 1.807) is 18.2 Å². The highest BCUT2D eigenvalue weighted by atomic mass is 35.5. The van der Waals surface area contributed by atoms with Gasteiger partial charge in [-0.05, 0) is 36.4 Å². The Morgan fingerprint density at radius 2 is 1.81 bits per heavy atom. The number of benzene rings is 3. The number of hydrogen-bond donors (Lipinski definition) is 3. The van der Waals surface area contributed by atoms with Gasteiger partial charge in [0.15, 0.2) is 12.1 Å². The quantitative estimate of drug-likeness (QED) is 0.211. The van der Waals surface area contributed by atoms with Crippen LogP contribution in [-0.2, 0) is 6.18 Å². The third kappa shape index (κ3) is 5.03. The number of nitrogens with zero attached hydrogens (tertiary/aromatic N) is 2. The Balaban J connectivity index is 1.65. The van der Waals surface area contributed by atoms with Crippen LogP contribution in [0.15, 0.2) is 59.4 Å². The minimum atomic E-state index is -4.90. The number of H-pyrrole nitrogens is 1. The van der Waals surface area contributed by atoms with Crippen LogP contribution in [0.25, 0.3) is 17.1 Å². The fourth-order valence-corrected chi connectivity index (χ4v) is 4.01. The van der Waals surface area contributed by atoms with Crippen molar-refractivity contribution in [3.05, 3.63) is 92.1 Å². The van der Waals surface area contributed by atoms with E-state index in [4.69, 9.17) is 27.9 Å². The zero-order chi connectivity index (χ0) is 26.2. The molecule has 1 unspecified atom stereocenters. The molecule has 36 heavy (non-hydrogen) atoms. The van der Waals surface area contributed by atoms with Crippen LogP contribution in [0.1, 0.15) is 17.4 Å². The lowest BCUT2D eigenvalue weighted by molar-refractivity contribution is -0.139. The molecule has 4 aromatic rings. The third-order valence-electron chi connectivity index (χ3n) is 5.14. The zero-order valence-electron chi connectivity index (χ0n) is 18.2. The van der Waals surface area contributed by atoms with Crippen molar-refractivity contribution in [2.45, 2.75) is 12.4 Å². The van der Waals surface area contributed by atoms with Gasteiger partial charge < -0.3 is 15.2 Å². The Labute approximate surface area is 210 Å². The summed E-state index contributed by atoms with van der Waals surface area (Å²) in [5, 5.41) is 17.7. The van der Waals surface area contributed by atoms with E-state index in [1.807, 2.05) is 0 Å². The smallest absolute Gasteiger partial charge is 0.419 e. The summed E-state index contributed by atoms with van der Waals surface area (Å²) in [7, 11) is 1.32. The first-order valence-corrected chi connectivity index (χ1v) is 10.9. The minimum absolute atomic E-state index is 0.136. The molecule has 0 amide bonds. The summed E-state index contributed by atoms with van der Waals surface area (Å²) in [6.07, 6.45) is -6.42. The molecule has 0 fully saturated rings. The number of nitrogens with one attached hydrogen (secondary N) is 2. The molecule has 0 aliphatic rings. The van der Waals surface area contributed by atoms with Crippen LogP contribution in [-0.4, -0.2) is 27.0 Å². The summed E-state index contributed by atoms with van der Waals surface area (Å²) in [5.74, 6) is -1.16. The van der Waals surface area contributed by atoms with E-state index in [0.29, 0.717) is 17.7 Å². The van der Waals surface area contributed by atoms with E-state index < -0.39 is 29.5 Å². The molecule has 3 N–H and O–H groups in total. The molecule has 1 heterocycles. The number of halogens is 6. The van der Waals surface area contributed by atoms with Gasteiger partial charge in [0.05, 0.1) is 22.7 Å². The van der Waals surface area contributed by atoms with Gasteiger partial charge in [-0.15, -0.1) is 5.10 Å². The van der Waals surface area contributed by atoms with Gasteiger partial charge in [0.2, 0.25) is 0 Å². The minimum Gasteiger partial charge on any atom is -0.496 e. The summed E-state index contributed by atoms with van der Waals surface area (Å²) in [6, 6.07) is 11.4. The number of alkyl halides is 3.